The Bertz CT molecular complexity index is 1350. The normalized spacial score (nSPS) is 12.8. The van der Waals surface area contributed by atoms with Crippen molar-refractivity contribution < 1.29 is 55.2 Å². The molecule has 0 spiro atoms. The van der Waals surface area contributed by atoms with Crippen molar-refractivity contribution in [2.24, 2.45) is 0 Å². The molecular weight excluding hydrogens is 560 g/mol. The largest absolute Gasteiger partial charge is 1.00 e. The number of ether oxygens (including phenoxy) is 4. The van der Waals surface area contributed by atoms with Crippen molar-refractivity contribution >= 4 is 16.7 Å². The quantitative estimate of drug-likeness (QED) is 0.0828. The number of hydrogen-bond donors (Lipinski definition) is 0. The van der Waals surface area contributed by atoms with Crippen molar-refractivity contribution in [3.05, 3.63) is 52.2 Å². The highest BCUT2D eigenvalue weighted by atomic mass is 79.9. The Labute approximate surface area is 230 Å². The topological polar surface area (TPSA) is 110 Å². The van der Waals surface area contributed by atoms with E-state index in [0.717, 1.165) is 65.8 Å². The fourth-order valence-corrected chi connectivity index (χ4v) is 4.87. The first-order chi connectivity index (χ1) is 18.0. The van der Waals surface area contributed by atoms with E-state index in [1.54, 1.807) is 7.11 Å². The number of hydrogen-bond acceptors (Lipinski definition) is 8. The van der Waals surface area contributed by atoms with Gasteiger partial charge in [0.1, 0.15) is 0 Å². The third-order valence-corrected chi connectivity index (χ3v) is 6.73. The summed E-state index contributed by atoms with van der Waals surface area (Å²) in [5.74, 6) is 2.15. The standard InChI is InChI=1S/C27H29N2O8.BrH/c1-33-23-9-8-18-13-22-20-15-25-24(34-17-35-25)14-19(20)10-11-28(22)16-21(18)27(23)37-26(30)7-5-3-2-4-6-12-36-29(31)32;/h8-9,13-16H,2-7,10-12,17H2,1H3;1H/q+1;/p-1. The molecule has 10 nitrogen and oxygen atoms in total. The summed E-state index contributed by atoms with van der Waals surface area (Å²) in [6.45, 7) is 1.13. The minimum absolute atomic E-state index is 0. The van der Waals surface area contributed by atoms with E-state index in [-0.39, 0.29) is 42.8 Å². The molecule has 0 radical (unpaired) electrons. The lowest BCUT2D eigenvalue weighted by atomic mass is 9.95. The van der Waals surface area contributed by atoms with Crippen LogP contribution in [-0.4, -0.2) is 31.6 Å². The molecule has 0 aliphatic carbocycles. The van der Waals surface area contributed by atoms with Gasteiger partial charge >= 0.3 is 5.97 Å². The molecule has 0 N–H and O–H groups in total. The molecule has 202 valence electrons. The fourth-order valence-electron chi connectivity index (χ4n) is 4.87. The van der Waals surface area contributed by atoms with Gasteiger partial charge in [-0.05, 0) is 48.1 Å². The van der Waals surface area contributed by atoms with Crippen LogP contribution in [0.1, 0.15) is 44.1 Å². The summed E-state index contributed by atoms with van der Waals surface area (Å²) in [6.07, 6.45) is 6.98. The Morgan fingerprint density at radius 3 is 2.63 bits per heavy atom. The molecule has 2 aliphatic heterocycles. The van der Waals surface area contributed by atoms with E-state index in [4.69, 9.17) is 18.9 Å². The lowest BCUT2D eigenvalue weighted by Gasteiger charge is -2.17. The number of halogens is 1. The highest BCUT2D eigenvalue weighted by Crippen LogP contribution is 2.41. The lowest BCUT2D eigenvalue weighted by molar-refractivity contribution is -0.757. The first kappa shape index (κ1) is 27.4. The maximum Gasteiger partial charge on any atom is 0.311 e. The second-order valence-electron chi connectivity index (χ2n) is 9.11. The van der Waals surface area contributed by atoms with Gasteiger partial charge in [0.25, 0.3) is 5.09 Å². The molecule has 0 amide bonds. The van der Waals surface area contributed by atoms with Gasteiger partial charge in [-0.2, -0.15) is 4.57 Å². The molecule has 11 heteroatoms. The average Bonchev–Trinajstić information content (AvgIpc) is 3.35. The molecule has 1 aromatic heterocycles. The van der Waals surface area contributed by atoms with Crippen LogP contribution in [0.25, 0.3) is 22.0 Å². The Kier molecular flexibility index (Phi) is 8.88. The SMILES string of the molecule is COc1ccc2cc3[n+](cc2c1OC(=O)CCCCCCCO[N+](=O)[O-])CCc1cc2c(cc1-3)OCO2.[Br-]. The van der Waals surface area contributed by atoms with Gasteiger partial charge in [0.2, 0.25) is 12.5 Å². The van der Waals surface area contributed by atoms with Crippen molar-refractivity contribution in [1.82, 2.24) is 0 Å². The number of nitrogens with zero attached hydrogens (tertiary/aromatic N) is 2. The van der Waals surface area contributed by atoms with Gasteiger partial charge in [-0.25, -0.2) is 0 Å². The zero-order chi connectivity index (χ0) is 25.8. The van der Waals surface area contributed by atoms with Crippen molar-refractivity contribution in [1.29, 1.82) is 0 Å². The van der Waals surface area contributed by atoms with Crippen LogP contribution in [0, 0.1) is 10.1 Å². The highest BCUT2D eigenvalue weighted by Gasteiger charge is 2.29. The molecule has 5 rings (SSSR count). The van der Waals surface area contributed by atoms with Gasteiger partial charge in [0.15, 0.2) is 35.7 Å². The summed E-state index contributed by atoms with van der Waals surface area (Å²) in [5.41, 5.74) is 3.39. The van der Waals surface area contributed by atoms with Crippen molar-refractivity contribution in [2.45, 2.75) is 51.5 Å². The monoisotopic (exact) mass is 588 g/mol. The predicted molar refractivity (Wildman–Crippen MR) is 132 cm³/mol. The molecule has 0 atom stereocenters. The Hall–Kier alpha value is -3.60. The molecular formula is C27H29BrN2O8. The number of unbranched alkanes of at least 4 members (excludes halogenated alkanes) is 4. The number of rotatable bonds is 11. The highest BCUT2D eigenvalue weighted by molar-refractivity contribution is 5.93. The summed E-state index contributed by atoms with van der Waals surface area (Å²) in [6, 6.07) is 9.99. The maximum atomic E-state index is 12.7. The van der Waals surface area contributed by atoms with Gasteiger partial charge in [0, 0.05) is 18.9 Å². The summed E-state index contributed by atoms with van der Waals surface area (Å²) < 4.78 is 24.7. The first-order valence-corrected chi connectivity index (χ1v) is 12.5. The van der Waals surface area contributed by atoms with Crippen molar-refractivity contribution in [3.8, 4) is 34.3 Å². The van der Waals surface area contributed by atoms with E-state index < -0.39 is 5.09 Å². The molecule has 0 saturated carbocycles. The number of benzene rings is 2. The molecule has 0 bridgehead atoms. The maximum absolute atomic E-state index is 12.7. The lowest BCUT2D eigenvalue weighted by Crippen LogP contribution is -3.00. The number of aromatic nitrogens is 1. The van der Waals surface area contributed by atoms with Gasteiger partial charge < -0.3 is 40.8 Å². The van der Waals surface area contributed by atoms with E-state index in [1.807, 2.05) is 24.4 Å². The molecule has 3 aromatic rings. The fraction of sp³-hybridized carbons (Fsp3) is 0.407. The number of esters is 1. The Morgan fingerprint density at radius 2 is 1.84 bits per heavy atom. The molecule has 0 saturated heterocycles. The van der Waals surface area contributed by atoms with E-state index in [0.29, 0.717) is 24.3 Å². The summed E-state index contributed by atoms with van der Waals surface area (Å²) in [7, 11) is 1.56. The van der Waals surface area contributed by atoms with Crippen LogP contribution in [0.3, 0.4) is 0 Å². The molecule has 0 fully saturated rings. The van der Waals surface area contributed by atoms with E-state index >= 15 is 0 Å². The number of carbonyl (C=O) groups excluding carboxylic acids is 1. The predicted octanol–water partition coefficient (Wildman–Crippen LogP) is 1.55. The number of aryl methyl sites for hydroxylation is 2. The van der Waals surface area contributed by atoms with Crippen molar-refractivity contribution in [2.75, 3.05) is 20.5 Å². The van der Waals surface area contributed by atoms with Crippen LogP contribution in [0.4, 0.5) is 0 Å². The summed E-state index contributed by atoms with van der Waals surface area (Å²) >= 11 is 0. The van der Waals surface area contributed by atoms with Crippen LogP contribution >= 0.6 is 0 Å². The van der Waals surface area contributed by atoms with E-state index in [1.165, 1.54) is 5.56 Å². The molecule has 0 unspecified atom stereocenters. The Balaban J connectivity index is 0.00000336. The average molecular weight is 589 g/mol. The van der Waals surface area contributed by atoms with Gasteiger partial charge in [0.05, 0.1) is 24.7 Å². The van der Waals surface area contributed by atoms with Crippen LogP contribution in [0.2, 0.25) is 0 Å². The molecule has 2 aliphatic rings. The minimum atomic E-state index is -0.777. The third-order valence-electron chi connectivity index (χ3n) is 6.73. The third kappa shape index (κ3) is 5.93. The number of carbonyl (C=O) groups is 1. The Morgan fingerprint density at radius 1 is 1.08 bits per heavy atom. The molecule has 38 heavy (non-hydrogen) atoms. The van der Waals surface area contributed by atoms with E-state index in [2.05, 4.69) is 21.5 Å². The van der Waals surface area contributed by atoms with Gasteiger partial charge in [-0.3, -0.25) is 4.79 Å². The van der Waals surface area contributed by atoms with Crippen molar-refractivity contribution in [3.63, 3.8) is 0 Å². The van der Waals surface area contributed by atoms with Crippen LogP contribution in [-0.2, 0) is 22.6 Å². The summed E-state index contributed by atoms with van der Waals surface area (Å²) in [4.78, 5) is 27.2. The summed E-state index contributed by atoms with van der Waals surface area (Å²) in [5, 5.41) is 11.1. The molecule has 3 heterocycles. The second kappa shape index (κ2) is 12.3. The van der Waals surface area contributed by atoms with E-state index in [9.17, 15) is 14.9 Å². The van der Waals surface area contributed by atoms with Crippen LogP contribution in [0.5, 0.6) is 23.0 Å². The van der Waals surface area contributed by atoms with Gasteiger partial charge in [-0.15, -0.1) is 10.1 Å². The number of methoxy groups -OCH3 is 1. The first-order valence-electron chi connectivity index (χ1n) is 12.5. The van der Waals surface area contributed by atoms with Gasteiger partial charge in [-0.1, -0.05) is 19.3 Å². The number of pyridine rings is 1. The second-order valence-corrected chi connectivity index (χ2v) is 9.11. The number of fused-ring (bicyclic) bond motifs is 5. The zero-order valence-corrected chi connectivity index (χ0v) is 22.7. The zero-order valence-electron chi connectivity index (χ0n) is 21.1. The minimum Gasteiger partial charge on any atom is -1.00 e. The van der Waals surface area contributed by atoms with Crippen LogP contribution in [0.15, 0.2) is 36.5 Å². The van der Waals surface area contributed by atoms with Crippen LogP contribution < -0.4 is 40.5 Å². The molecule has 2 aromatic carbocycles. The smallest absolute Gasteiger partial charge is 0.311 e.